The predicted octanol–water partition coefficient (Wildman–Crippen LogP) is 4.31. The van der Waals surface area contributed by atoms with Crippen molar-refractivity contribution in [2.75, 3.05) is 12.3 Å². The van der Waals surface area contributed by atoms with Crippen molar-refractivity contribution in [1.29, 1.82) is 0 Å². The number of ketones is 1. The molecular weight excluding hydrogens is 436 g/mol. The fraction of sp³-hybridized carbons (Fsp3) is 0.414. The van der Waals surface area contributed by atoms with Crippen LogP contribution < -0.4 is 11.1 Å². The van der Waals surface area contributed by atoms with Crippen LogP contribution in [0.15, 0.2) is 60.8 Å². The highest BCUT2D eigenvalue weighted by atomic mass is 16.2. The first kappa shape index (κ1) is 24.9. The van der Waals surface area contributed by atoms with Crippen LogP contribution in [0.5, 0.6) is 0 Å². The fourth-order valence-electron chi connectivity index (χ4n) is 5.14. The molecule has 0 unspecified atom stereocenters. The van der Waals surface area contributed by atoms with Crippen molar-refractivity contribution in [3.63, 3.8) is 0 Å². The van der Waals surface area contributed by atoms with E-state index in [0.29, 0.717) is 43.7 Å². The van der Waals surface area contributed by atoms with Gasteiger partial charge in [0.25, 0.3) is 0 Å². The Morgan fingerprint density at radius 3 is 2.54 bits per heavy atom. The summed E-state index contributed by atoms with van der Waals surface area (Å²) in [6.07, 6.45) is 6.58. The molecule has 3 aromatic rings. The van der Waals surface area contributed by atoms with Gasteiger partial charge in [-0.2, -0.15) is 0 Å². The molecule has 1 amide bonds. The lowest BCUT2D eigenvalue weighted by atomic mass is 9.96. The maximum atomic E-state index is 13.3. The normalized spacial score (nSPS) is 19.4. The van der Waals surface area contributed by atoms with Gasteiger partial charge >= 0.3 is 0 Å². The van der Waals surface area contributed by atoms with Gasteiger partial charge in [0, 0.05) is 30.1 Å². The number of nitrogens with one attached hydrogen (secondary N) is 1. The molecule has 0 radical (unpaired) electrons. The van der Waals surface area contributed by atoms with Crippen LogP contribution in [-0.2, 0) is 22.4 Å². The largest absolute Gasteiger partial charge is 0.383 e. The fourth-order valence-corrected chi connectivity index (χ4v) is 5.14. The van der Waals surface area contributed by atoms with Gasteiger partial charge in [-0.05, 0) is 62.1 Å². The Morgan fingerprint density at radius 1 is 1.06 bits per heavy atom. The molecule has 1 fully saturated rings. The van der Waals surface area contributed by atoms with Crippen molar-refractivity contribution < 1.29 is 9.59 Å². The summed E-state index contributed by atoms with van der Waals surface area (Å²) in [6, 6.07) is 18.1. The summed E-state index contributed by atoms with van der Waals surface area (Å²) < 4.78 is 0. The molecule has 0 saturated carbocycles. The van der Waals surface area contributed by atoms with Crippen molar-refractivity contribution in [1.82, 2.24) is 15.2 Å². The molecule has 2 aromatic carbocycles. The second kappa shape index (κ2) is 11.5. The first-order chi connectivity index (χ1) is 16.9. The molecule has 3 N–H and O–H groups in total. The van der Waals surface area contributed by atoms with Crippen LogP contribution in [0.4, 0.5) is 5.82 Å². The number of piperidine rings is 1. The highest BCUT2D eigenvalue weighted by molar-refractivity contribution is 5.92. The third-order valence-corrected chi connectivity index (χ3v) is 7.23. The molecular formula is C29H36N4O2. The molecule has 0 spiro atoms. The number of carbonyl (C=O) groups is 2. The van der Waals surface area contributed by atoms with Crippen molar-refractivity contribution in [2.24, 2.45) is 0 Å². The minimum atomic E-state index is -0.541. The first-order valence-electron chi connectivity index (χ1n) is 12.7. The molecule has 35 heavy (non-hydrogen) atoms. The molecule has 1 saturated heterocycles. The third-order valence-electron chi connectivity index (χ3n) is 7.23. The molecule has 2 heterocycles. The summed E-state index contributed by atoms with van der Waals surface area (Å²) in [7, 11) is 0. The summed E-state index contributed by atoms with van der Waals surface area (Å²) in [5, 5.41) is 5.00. The van der Waals surface area contributed by atoms with Crippen LogP contribution in [0.3, 0.4) is 0 Å². The van der Waals surface area contributed by atoms with E-state index in [4.69, 9.17) is 5.73 Å². The number of amides is 1. The van der Waals surface area contributed by atoms with E-state index in [-0.39, 0.29) is 11.7 Å². The number of fused-ring (bicyclic) bond motifs is 1. The molecule has 1 aromatic heterocycles. The average molecular weight is 473 g/mol. The maximum absolute atomic E-state index is 13.3. The van der Waals surface area contributed by atoms with Gasteiger partial charge in [0.05, 0.1) is 12.6 Å². The lowest BCUT2D eigenvalue weighted by Crippen LogP contribution is -2.51. The number of pyridine rings is 1. The smallest absolute Gasteiger partial charge is 0.234 e. The molecule has 1 aliphatic heterocycles. The van der Waals surface area contributed by atoms with Crippen LogP contribution in [0.2, 0.25) is 0 Å². The van der Waals surface area contributed by atoms with Gasteiger partial charge in [0.1, 0.15) is 5.82 Å². The highest BCUT2D eigenvalue weighted by Crippen LogP contribution is 2.23. The molecule has 184 valence electrons. The molecule has 1 aliphatic rings. The lowest BCUT2D eigenvalue weighted by Gasteiger charge is -2.38. The summed E-state index contributed by atoms with van der Waals surface area (Å²) in [5.74, 6) is 0.484. The minimum absolute atomic E-state index is 0.0521. The van der Waals surface area contributed by atoms with Gasteiger partial charge < -0.3 is 11.1 Å². The lowest BCUT2D eigenvalue weighted by molar-refractivity contribution is -0.129. The van der Waals surface area contributed by atoms with Crippen LogP contribution in [0.25, 0.3) is 10.8 Å². The number of nitrogens with two attached hydrogens (primary N) is 1. The van der Waals surface area contributed by atoms with Crippen molar-refractivity contribution >= 4 is 28.3 Å². The molecule has 6 heteroatoms. The van der Waals surface area contributed by atoms with Crippen molar-refractivity contribution in [3.8, 4) is 0 Å². The quantitative estimate of drug-likeness (QED) is 0.485. The Labute approximate surface area is 207 Å². The number of Topliss-reactive ketones (excluding diaryl/α,β-unsaturated/α-hetero) is 1. The number of benzene rings is 2. The summed E-state index contributed by atoms with van der Waals surface area (Å²) in [6.45, 7) is 4.70. The van der Waals surface area contributed by atoms with Crippen LogP contribution in [0.1, 0.15) is 50.7 Å². The van der Waals surface area contributed by atoms with E-state index in [2.05, 4.69) is 35.1 Å². The van der Waals surface area contributed by atoms with E-state index in [9.17, 15) is 9.59 Å². The van der Waals surface area contributed by atoms with Gasteiger partial charge in [0.2, 0.25) is 5.91 Å². The van der Waals surface area contributed by atoms with Crippen molar-refractivity contribution in [3.05, 3.63) is 71.9 Å². The molecule has 3 atom stereocenters. The van der Waals surface area contributed by atoms with E-state index in [1.165, 1.54) is 6.42 Å². The molecule has 6 nitrogen and oxygen atoms in total. The number of nitrogens with zero attached hydrogens (tertiary/aromatic N) is 2. The minimum Gasteiger partial charge on any atom is -0.383 e. The maximum Gasteiger partial charge on any atom is 0.234 e. The number of nitrogen functional groups attached to an aromatic ring is 1. The second-order valence-corrected chi connectivity index (χ2v) is 9.83. The summed E-state index contributed by atoms with van der Waals surface area (Å²) in [5.41, 5.74) is 8.07. The number of anilines is 1. The third kappa shape index (κ3) is 6.45. The summed E-state index contributed by atoms with van der Waals surface area (Å²) in [4.78, 5) is 32.8. The Bertz CT molecular complexity index is 1150. The Balaban J connectivity index is 1.43. The van der Waals surface area contributed by atoms with Crippen molar-refractivity contribution in [2.45, 2.75) is 70.5 Å². The van der Waals surface area contributed by atoms with Gasteiger partial charge in [-0.3, -0.25) is 14.5 Å². The van der Waals surface area contributed by atoms with Gasteiger partial charge in [0.15, 0.2) is 5.78 Å². The summed E-state index contributed by atoms with van der Waals surface area (Å²) >= 11 is 0. The number of hydrogen-bond acceptors (Lipinski definition) is 5. The standard InChI is InChI=1S/C29H36N4O2/c1-20-7-6-8-21(2)33(20)19-28(35)32-26(18-22-9-4-3-5-10-22)27(34)14-12-23-11-13-25-24(17-23)15-16-31-29(25)30/h3-5,9-11,13,15-17,20-21,26H,6-8,12,14,18-19H2,1-2H3,(H2,30,31)(H,32,35)/t20-,21+,26-/m0/s1. The van der Waals surface area contributed by atoms with E-state index in [0.717, 1.165) is 34.7 Å². The van der Waals surface area contributed by atoms with Gasteiger partial charge in [-0.1, -0.05) is 55.0 Å². The predicted molar refractivity (Wildman–Crippen MR) is 141 cm³/mol. The number of carbonyl (C=O) groups excluding carboxylic acids is 2. The van der Waals surface area contributed by atoms with E-state index in [1.54, 1.807) is 6.20 Å². The van der Waals surface area contributed by atoms with E-state index < -0.39 is 6.04 Å². The molecule has 0 bridgehead atoms. The Morgan fingerprint density at radius 2 is 1.80 bits per heavy atom. The highest BCUT2D eigenvalue weighted by Gasteiger charge is 2.28. The molecule has 4 rings (SSSR count). The number of rotatable bonds is 9. The van der Waals surface area contributed by atoms with Gasteiger partial charge in [-0.25, -0.2) is 4.98 Å². The number of aryl methyl sites for hydroxylation is 1. The number of hydrogen-bond donors (Lipinski definition) is 2. The number of aromatic nitrogens is 1. The topological polar surface area (TPSA) is 88.3 Å². The van der Waals surface area contributed by atoms with Crippen LogP contribution in [0, 0.1) is 0 Å². The SMILES string of the molecule is C[C@@H]1CCC[C@H](C)N1CC(=O)N[C@@H](Cc1ccccc1)C(=O)CCc1ccc2c(N)nccc2c1. The zero-order chi connectivity index (χ0) is 24.8. The second-order valence-electron chi connectivity index (χ2n) is 9.83. The monoisotopic (exact) mass is 472 g/mol. The first-order valence-corrected chi connectivity index (χ1v) is 12.7. The number of likely N-dealkylation sites (tertiary alicyclic amines) is 1. The van der Waals surface area contributed by atoms with E-state index in [1.807, 2.05) is 48.5 Å². The Kier molecular flexibility index (Phi) is 8.13. The average Bonchev–Trinajstić information content (AvgIpc) is 2.85. The molecule has 0 aliphatic carbocycles. The zero-order valence-corrected chi connectivity index (χ0v) is 20.7. The van der Waals surface area contributed by atoms with E-state index >= 15 is 0 Å². The van der Waals surface area contributed by atoms with Crippen LogP contribution in [-0.4, -0.2) is 46.2 Å². The zero-order valence-electron chi connectivity index (χ0n) is 20.7. The van der Waals surface area contributed by atoms with Gasteiger partial charge in [-0.15, -0.1) is 0 Å². The van der Waals surface area contributed by atoms with Crippen LogP contribution >= 0.6 is 0 Å². The Hall–Kier alpha value is -3.25.